The van der Waals surface area contributed by atoms with Gasteiger partial charge in [0.05, 0.1) is 0 Å². The molecule has 4 nitrogen and oxygen atoms in total. The summed E-state index contributed by atoms with van der Waals surface area (Å²) in [6.07, 6.45) is 1.84. The Hall–Kier alpha value is -1.07. The van der Waals surface area contributed by atoms with Crippen molar-refractivity contribution >= 4 is 22.0 Å². The van der Waals surface area contributed by atoms with Crippen LogP contribution in [0.5, 0.6) is 0 Å². The van der Waals surface area contributed by atoms with Crippen molar-refractivity contribution in [3.63, 3.8) is 0 Å². The average Bonchev–Trinajstić information content (AvgIpc) is 2.49. The van der Waals surface area contributed by atoms with Crippen LogP contribution >= 0.6 is 15.9 Å². The van der Waals surface area contributed by atoms with Gasteiger partial charge in [0.25, 0.3) is 0 Å². The molecule has 5 heteroatoms. The topological polar surface area (TPSA) is 44.4 Å². The highest BCUT2D eigenvalue weighted by Gasteiger charge is 2.01. The zero-order valence-electron chi connectivity index (χ0n) is 13.0. The Kier molecular flexibility index (Phi) is 9.10. The van der Waals surface area contributed by atoms with Gasteiger partial charge in [-0.15, -0.1) is 0 Å². The SMILES string of the molecule is CCN(CC)CCCNC(=O)NCCc1ccc(Br)cc1. The van der Waals surface area contributed by atoms with Crippen LogP contribution in [0.2, 0.25) is 0 Å². The fourth-order valence-electron chi connectivity index (χ4n) is 2.08. The third kappa shape index (κ3) is 8.07. The van der Waals surface area contributed by atoms with Gasteiger partial charge < -0.3 is 15.5 Å². The van der Waals surface area contributed by atoms with Gasteiger partial charge in [-0.25, -0.2) is 4.79 Å². The summed E-state index contributed by atoms with van der Waals surface area (Å²) in [5, 5.41) is 5.78. The molecule has 0 saturated carbocycles. The molecule has 1 aromatic rings. The van der Waals surface area contributed by atoms with Gasteiger partial charge in [-0.3, -0.25) is 0 Å². The summed E-state index contributed by atoms with van der Waals surface area (Å²) in [5.74, 6) is 0. The van der Waals surface area contributed by atoms with E-state index < -0.39 is 0 Å². The maximum absolute atomic E-state index is 11.6. The molecule has 0 fully saturated rings. The van der Waals surface area contributed by atoms with Crippen molar-refractivity contribution in [1.29, 1.82) is 0 Å². The van der Waals surface area contributed by atoms with Crippen LogP contribution in [0.4, 0.5) is 4.79 Å². The number of carbonyl (C=O) groups is 1. The monoisotopic (exact) mass is 355 g/mol. The molecule has 1 rings (SSSR count). The predicted molar refractivity (Wildman–Crippen MR) is 91.7 cm³/mol. The Bertz CT molecular complexity index is 404. The lowest BCUT2D eigenvalue weighted by molar-refractivity contribution is 0.239. The number of hydrogen-bond donors (Lipinski definition) is 2. The molecule has 0 unspecified atom stereocenters. The molecule has 1 aromatic carbocycles. The molecule has 2 N–H and O–H groups in total. The number of carbonyl (C=O) groups excluding carboxylic acids is 1. The van der Waals surface area contributed by atoms with E-state index >= 15 is 0 Å². The minimum absolute atomic E-state index is 0.0772. The van der Waals surface area contributed by atoms with Crippen molar-refractivity contribution in [3.8, 4) is 0 Å². The molecule has 118 valence electrons. The molecule has 21 heavy (non-hydrogen) atoms. The van der Waals surface area contributed by atoms with Gasteiger partial charge in [0.2, 0.25) is 0 Å². The highest BCUT2D eigenvalue weighted by Crippen LogP contribution is 2.10. The molecule has 0 spiro atoms. The lowest BCUT2D eigenvalue weighted by atomic mass is 10.1. The maximum atomic E-state index is 11.6. The third-order valence-corrected chi connectivity index (χ3v) is 3.97. The fraction of sp³-hybridized carbons (Fsp3) is 0.562. The maximum Gasteiger partial charge on any atom is 0.314 e. The second-order valence-electron chi connectivity index (χ2n) is 4.94. The van der Waals surface area contributed by atoms with E-state index in [0.717, 1.165) is 43.5 Å². The van der Waals surface area contributed by atoms with Crippen LogP contribution in [0.3, 0.4) is 0 Å². The molecule has 0 radical (unpaired) electrons. The molecule has 0 heterocycles. The highest BCUT2D eigenvalue weighted by atomic mass is 79.9. The van der Waals surface area contributed by atoms with E-state index in [-0.39, 0.29) is 6.03 Å². The molecule has 0 bridgehead atoms. The van der Waals surface area contributed by atoms with Crippen LogP contribution in [0.25, 0.3) is 0 Å². The lowest BCUT2D eigenvalue weighted by Gasteiger charge is -2.17. The zero-order chi connectivity index (χ0) is 15.5. The number of halogens is 1. The van der Waals surface area contributed by atoms with Crippen LogP contribution in [0.1, 0.15) is 25.8 Å². The lowest BCUT2D eigenvalue weighted by Crippen LogP contribution is -2.38. The van der Waals surface area contributed by atoms with Crippen molar-refractivity contribution in [2.24, 2.45) is 0 Å². The molecule has 0 aromatic heterocycles. The van der Waals surface area contributed by atoms with Gasteiger partial charge in [-0.1, -0.05) is 41.9 Å². The van der Waals surface area contributed by atoms with Crippen LogP contribution in [0.15, 0.2) is 28.7 Å². The quantitative estimate of drug-likeness (QED) is 0.668. The van der Waals surface area contributed by atoms with Crippen LogP contribution in [0, 0.1) is 0 Å². The van der Waals surface area contributed by atoms with Gasteiger partial charge in [-0.05, 0) is 50.2 Å². The van der Waals surface area contributed by atoms with Crippen molar-refractivity contribution < 1.29 is 4.79 Å². The standard InChI is InChI=1S/C16H26BrN3O/c1-3-20(4-2)13-5-11-18-16(21)19-12-10-14-6-8-15(17)9-7-14/h6-9H,3-5,10-13H2,1-2H3,(H2,18,19,21). The second kappa shape index (κ2) is 10.6. The molecule has 0 atom stereocenters. The molecular formula is C16H26BrN3O. The second-order valence-corrected chi connectivity index (χ2v) is 5.86. The molecule has 2 amide bonds. The number of nitrogens with one attached hydrogen (secondary N) is 2. The van der Waals surface area contributed by atoms with E-state index in [9.17, 15) is 4.79 Å². The summed E-state index contributed by atoms with van der Waals surface area (Å²) < 4.78 is 1.07. The fourth-order valence-corrected chi connectivity index (χ4v) is 2.34. The number of amides is 2. The summed E-state index contributed by atoms with van der Waals surface area (Å²) in [7, 11) is 0. The van der Waals surface area contributed by atoms with Crippen molar-refractivity contribution in [1.82, 2.24) is 15.5 Å². The van der Waals surface area contributed by atoms with Gasteiger partial charge in [0, 0.05) is 17.6 Å². The van der Waals surface area contributed by atoms with Crippen LogP contribution < -0.4 is 10.6 Å². The molecule has 0 saturated heterocycles. The van der Waals surface area contributed by atoms with Gasteiger partial charge in [0.15, 0.2) is 0 Å². The van der Waals surface area contributed by atoms with Crippen molar-refractivity contribution in [3.05, 3.63) is 34.3 Å². The highest BCUT2D eigenvalue weighted by molar-refractivity contribution is 9.10. The van der Waals surface area contributed by atoms with E-state index in [1.165, 1.54) is 5.56 Å². The molecule has 0 aliphatic heterocycles. The number of nitrogens with zero attached hydrogens (tertiary/aromatic N) is 1. The summed E-state index contributed by atoms with van der Waals surface area (Å²) in [6.45, 7) is 8.86. The van der Waals surface area contributed by atoms with Gasteiger partial charge in [0.1, 0.15) is 0 Å². The first-order valence-corrected chi connectivity index (χ1v) is 8.43. The summed E-state index contributed by atoms with van der Waals surface area (Å²) in [6, 6.07) is 8.08. The average molecular weight is 356 g/mol. The summed E-state index contributed by atoms with van der Waals surface area (Å²) in [5.41, 5.74) is 1.22. The number of urea groups is 1. The molecule has 0 aliphatic rings. The Balaban J connectivity index is 2.07. The Morgan fingerprint density at radius 3 is 2.33 bits per heavy atom. The molecule has 0 aliphatic carbocycles. The predicted octanol–water partition coefficient (Wildman–Crippen LogP) is 3.02. The number of hydrogen-bond acceptors (Lipinski definition) is 2. The van der Waals surface area contributed by atoms with E-state index in [1.54, 1.807) is 0 Å². The summed E-state index contributed by atoms with van der Waals surface area (Å²) >= 11 is 3.41. The number of rotatable bonds is 9. The first kappa shape index (κ1) is 18.0. The Morgan fingerprint density at radius 1 is 1.10 bits per heavy atom. The number of benzene rings is 1. The van der Waals surface area contributed by atoms with E-state index in [0.29, 0.717) is 6.54 Å². The van der Waals surface area contributed by atoms with Crippen LogP contribution in [-0.4, -0.2) is 43.7 Å². The minimum Gasteiger partial charge on any atom is -0.338 e. The summed E-state index contributed by atoms with van der Waals surface area (Å²) in [4.78, 5) is 14.0. The Morgan fingerprint density at radius 2 is 1.71 bits per heavy atom. The first-order chi connectivity index (χ1) is 10.2. The van der Waals surface area contributed by atoms with Crippen molar-refractivity contribution in [2.75, 3.05) is 32.7 Å². The first-order valence-electron chi connectivity index (χ1n) is 7.64. The van der Waals surface area contributed by atoms with E-state index in [2.05, 4.69) is 57.4 Å². The van der Waals surface area contributed by atoms with Gasteiger partial charge in [-0.2, -0.15) is 0 Å². The largest absolute Gasteiger partial charge is 0.338 e. The van der Waals surface area contributed by atoms with E-state index in [1.807, 2.05) is 12.1 Å². The van der Waals surface area contributed by atoms with Crippen molar-refractivity contribution in [2.45, 2.75) is 26.7 Å². The Labute approximate surface area is 136 Å². The zero-order valence-corrected chi connectivity index (χ0v) is 14.6. The van der Waals surface area contributed by atoms with Gasteiger partial charge >= 0.3 is 6.03 Å². The van der Waals surface area contributed by atoms with E-state index in [4.69, 9.17) is 0 Å². The molecular weight excluding hydrogens is 330 g/mol. The normalized spacial score (nSPS) is 10.7. The third-order valence-electron chi connectivity index (χ3n) is 3.44. The van der Waals surface area contributed by atoms with Crippen LogP contribution in [-0.2, 0) is 6.42 Å². The smallest absolute Gasteiger partial charge is 0.314 e. The minimum atomic E-state index is -0.0772.